The number of ether oxygens (including phenoxy) is 1. The van der Waals surface area contributed by atoms with Gasteiger partial charge in [0.2, 0.25) is 11.8 Å². The number of amides is 2. The minimum absolute atomic E-state index is 0.0912. The van der Waals surface area contributed by atoms with Gasteiger partial charge >= 0.3 is 5.97 Å². The second-order valence-electron chi connectivity index (χ2n) is 4.77. The van der Waals surface area contributed by atoms with Crippen LogP contribution in [0.2, 0.25) is 0 Å². The number of nitrogens with one attached hydrogen (secondary N) is 2. The van der Waals surface area contributed by atoms with Crippen molar-refractivity contribution in [2.45, 2.75) is 45.8 Å². The fourth-order valence-electron chi connectivity index (χ4n) is 1.40. The summed E-state index contributed by atoms with van der Waals surface area (Å²) in [4.78, 5) is 45.5. The predicted octanol–water partition coefficient (Wildman–Crippen LogP) is 0.0942. The Balaban J connectivity index is 4.53. The molecule has 0 saturated heterocycles. The molecule has 0 saturated carbocycles. The largest absolute Gasteiger partial charge is 0.461 e. The molecule has 0 heterocycles. The molecule has 0 aromatic heterocycles. The van der Waals surface area contributed by atoms with Crippen molar-refractivity contribution in [1.29, 1.82) is 0 Å². The van der Waals surface area contributed by atoms with E-state index in [1.165, 1.54) is 6.92 Å². The molecule has 0 fully saturated rings. The lowest BCUT2D eigenvalue weighted by atomic mass is 10.1. The van der Waals surface area contributed by atoms with E-state index >= 15 is 0 Å². The topological polar surface area (TPSA) is 102 Å². The van der Waals surface area contributed by atoms with Gasteiger partial charge in [-0.1, -0.05) is 6.58 Å². The SMILES string of the molecule is C=CC(=O)NCC(=O)NC(CCC(C)=O)C(=O)OC(C)C. The highest BCUT2D eigenvalue weighted by molar-refractivity contribution is 5.92. The Morgan fingerprint density at radius 3 is 2.33 bits per heavy atom. The molecule has 0 aromatic carbocycles. The summed E-state index contributed by atoms with van der Waals surface area (Å²) >= 11 is 0. The molecular weight excluding hydrogens is 276 g/mol. The summed E-state index contributed by atoms with van der Waals surface area (Å²) in [6, 6.07) is -0.913. The van der Waals surface area contributed by atoms with Crippen LogP contribution in [0, 0.1) is 0 Å². The molecule has 2 N–H and O–H groups in total. The van der Waals surface area contributed by atoms with E-state index in [-0.39, 0.29) is 31.3 Å². The van der Waals surface area contributed by atoms with Gasteiger partial charge in [0.1, 0.15) is 11.8 Å². The average molecular weight is 298 g/mol. The van der Waals surface area contributed by atoms with Crippen molar-refractivity contribution in [3.05, 3.63) is 12.7 Å². The molecule has 0 radical (unpaired) electrons. The molecule has 7 heteroatoms. The van der Waals surface area contributed by atoms with Crippen LogP contribution in [0.15, 0.2) is 12.7 Å². The van der Waals surface area contributed by atoms with Gasteiger partial charge in [0.25, 0.3) is 0 Å². The van der Waals surface area contributed by atoms with Crippen LogP contribution in [0.4, 0.5) is 0 Å². The summed E-state index contributed by atoms with van der Waals surface area (Å²) in [5, 5.41) is 4.74. The van der Waals surface area contributed by atoms with Crippen molar-refractivity contribution >= 4 is 23.6 Å². The normalized spacial score (nSPS) is 11.4. The summed E-state index contributed by atoms with van der Waals surface area (Å²) in [5.41, 5.74) is 0. The van der Waals surface area contributed by atoms with Crippen LogP contribution in [0.1, 0.15) is 33.6 Å². The van der Waals surface area contributed by atoms with E-state index < -0.39 is 23.8 Å². The molecule has 0 rings (SSSR count). The highest BCUT2D eigenvalue weighted by atomic mass is 16.5. The van der Waals surface area contributed by atoms with E-state index in [0.29, 0.717) is 0 Å². The second-order valence-corrected chi connectivity index (χ2v) is 4.77. The van der Waals surface area contributed by atoms with E-state index in [9.17, 15) is 19.2 Å². The highest BCUT2D eigenvalue weighted by Gasteiger charge is 2.23. The maximum atomic E-state index is 11.8. The van der Waals surface area contributed by atoms with Crippen LogP contribution in [0.25, 0.3) is 0 Å². The third kappa shape index (κ3) is 9.37. The smallest absolute Gasteiger partial charge is 0.328 e. The van der Waals surface area contributed by atoms with Crippen molar-refractivity contribution in [2.75, 3.05) is 6.54 Å². The molecule has 0 spiro atoms. The zero-order chi connectivity index (χ0) is 16.4. The molecule has 0 bridgehead atoms. The minimum atomic E-state index is -0.913. The van der Waals surface area contributed by atoms with Crippen molar-refractivity contribution in [1.82, 2.24) is 10.6 Å². The van der Waals surface area contributed by atoms with E-state index in [0.717, 1.165) is 6.08 Å². The number of esters is 1. The van der Waals surface area contributed by atoms with Crippen LogP contribution >= 0.6 is 0 Å². The van der Waals surface area contributed by atoms with Crippen LogP contribution in [0.3, 0.4) is 0 Å². The lowest BCUT2D eigenvalue weighted by Gasteiger charge is -2.18. The fourth-order valence-corrected chi connectivity index (χ4v) is 1.40. The van der Waals surface area contributed by atoms with Gasteiger partial charge in [0.05, 0.1) is 12.6 Å². The first-order valence-electron chi connectivity index (χ1n) is 6.65. The van der Waals surface area contributed by atoms with Crippen LogP contribution in [-0.4, -0.2) is 42.3 Å². The van der Waals surface area contributed by atoms with Crippen molar-refractivity contribution in [3.63, 3.8) is 0 Å². The number of rotatable bonds is 9. The molecule has 0 aliphatic carbocycles. The third-order valence-electron chi connectivity index (χ3n) is 2.37. The van der Waals surface area contributed by atoms with Crippen molar-refractivity contribution in [3.8, 4) is 0 Å². The highest BCUT2D eigenvalue weighted by Crippen LogP contribution is 2.03. The Hall–Kier alpha value is -2.18. The zero-order valence-corrected chi connectivity index (χ0v) is 12.6. The molecule has 21 heavy (non-hydrogen) atoms. The van der Waals surface area contributed by atoms with Gasteiger partial charge in [-0.2, -0.15) is 0 Å². The monoisotopic (exact) mass is 298 g/mol. The van der Waals surface area contributed by atoms with Crippen LogP contribution in [0.5, 0.6) is 0 Å². The maximum Gasteiger partial charge on any atom is 0.328 e. The van der Waals surface area contributed by atoms with Gasteiger partial charge in [-0.3, -0.25) is 9.59 Å². The Kier molecular flexibility index (Phi) is 8.68. The van der Waals surface area contributed by atoms with Crippen molar-refractivity contribution in [2.24, 2.45) is 0 Å². The van der Waals surface area contributed by atoms with Crippen LogP contribution < -0.4 is 10.6 Å². The van der Waals surface area contributed by atoms with E-state index in [1.807, 2.05) is 0 Å². The molecule has 0 aromatic rings. The number of hydrogen-bond acceptors (Lipinski definition) is 5. The lowest BCUT2D eigenvalue weighted by Crippen LogP contribution is -2.46. The third-order valence-corrected chi connectivity index (χ3v) is 2.37. The molecule has 7 nitrogen and oxygen atoms in total. The number of hydrogen-bond donors (Lipinski definition) is 2. The first kappa shape index (κ1) is 18.8. The van der Waals surface area contributed by atoms with Gasteiger partial charge in [0.15, 0.2) is 0 Å². The number of carbonyl (C=O) groups excluding carboxylic acids is 4. The van der Waals surface area contributed by atoms with Gasteiger partial charge in [-0.25, -0.2) is 4.79 Å². The summed E-state index contributed by atoms with van der Waals surface area (Å²) in [5.74, 6) is -1.73. The summed E-state index contributed by atoms with van der Waals surface area (Å²) in [6.07, 6.45) is 1.02. The Labute approximate surface area is 124 Å². The van der Waals surface area contributed by atoms with E-state index in [2.05, 4.69) is 17.2 Å². The summed E-state index contributed by atoms with van der Waals surface area (Å²) in [6.45, 7) is 7.75. The molecule has 0 aliphatic heterocycles. The predicted molar refractivity (Wildman–Crippen MR) is 76.3 cm³/mol. The maximum absolute atomic E-state index is 11.8. The van der Waals surface area contributed by atoms with Gasteiger partial charge in [0, 0.05) is 6.42 Å². The summed E-state index contributed by atoms with van der Waals surface area (Å²) in [7, 11) is 0. The Morgan fingerprint density at radius 2 is 1.86 bits per heavy atom. The molecule has 2 amide bonds. The Morgan fingerprint density at radius 1 is 1.24 bits per heavy atom. The molecule has 1 unspecified atom stereocenters. The number of ketones is 1. The van der Waals surface area contributed by atoms with Crippen molar-refractivity contribution < 1.29 is 23.9 Å². The van der Waals surface area contributed by atoms with E-state index in [4.69, 9.17) is 4.74 Å². The Bertz CT molecular complexity index is 418. The quantitative estimate of drug-likeness (QED) is 0.464. The summed E-state index contributed by atoms with van der Waals surface area (Å²) < 4.78 is 5.02. The van der Waals surface area contributed by atoms with Crippen LogP contribution in [-0.2, 0) is 23.9 Å². The number of carbonyl (C=O) groups is 4. The molecule has 118 valence electrons. The van der Waals surface area contributed by atoms with Gasteiger partial charge < -0.3 is 20.2 Å². The molecular formula is C14H22N2O5. The standard InChI is InChI=1S/C14H22N2O5/c1-5-12(18)15-8-13(19)16-11(7-6-10(4)17)14(20)21-9(2)3/h5,9,11H,1,6-8H2,2-4H3,(H,15,18)(H,16,19). The van der Waals surface area contributed by atoms with Gasteiger partial charge in [-0.15, -0.1) is 0 Å². The van der Waals surface area contributed by atoms with E-state index in [1.54, 1.807) is 13.8 Å². The fraction of sp³-hybridized carbons (Fsp3) is 0.571. The molecule has 0 aliphatic rings. The second kappa shape index (κ2) is 9.68. The molecule has 1 atom stereocenters. The minimum Gasteiger partial charge on any atom is -0.461 e. The average Bonchev–Trinajstić information content (AvgIpc) is 2.39. The first-order chi connectivity index (χ1) is 9.76. The first-order valence-corrected chi connectivity index (χ1v) is 6.65. The zero-order valence-electron chi connectivity index (χ0n) is 12.6. The lowest BCUT2D eigenvalue weighted by molar-refractivity contribution is -0.151. The number of Topliss-reactive ketones (excluding diaryl/α,β-unsaturated/α-hetero) is 1. The van der Waals surface area contributed by atoms with Gasteiger partial charge in [-0.05, 0) is 33.3 Å².